The number of aliphatic hydroxyl groups is 1. The first-order valence-electron chi connectivity index (χ1n) is 8.97. The van der Waals surface area contributed by atoms with Crippen molar-refractivity contribution >= 4 is 5.78 Å². The summed E-state index contributed by atoms with van der Waals surface area (Å²) in [7, 11) is 0. The molecular formula is C22H24N2O3. The number of hydrogen-bond donors (Lipinski definition) is 1. The van der Waals surface area contributed by atoms with E-state index < -0.39 is 6.10 Å². The van der Waals surface area contributed by atoms with Gasteiger partial charge in [0.1, 0.15) is 18.5 Å². The molecule has 1 aromatic heterocycles. The van der Waals surface area contributed by atoms with Gasteiger partial charge in [-0.25, -0.2) is 0 Å². The molecule has 1 atom stereocenters. The van der Waals surface area contributed by atoms with E-state index in [1.807, 2.05) is 49.4 Å². The molecule has 0 fully saturated rings. The predicted molar refractivity (Wildman–Crippen MR) is 105 cm³/mol. The van der Waals surface area contributed by atoms with E-state index in [-0.39, 0.29) is 18.9 Å². The van der Waals surface area contributed by atoms with Crippen LogP contribution in [0.25, 0.3) is 11.1 Å². The average Bonchev–Trinajstić information content (AvgIpc) is 2.94. The summed E-state index contributed by atoms with van der Waals surface area (Å²) in [5.41, 5.74) is 4.34. The van der Waals surface area contributed by atoms with Crippen molar-refractivity contribution in [2.45, 2.75) is 33.4 Å². The van der Waals surface area contributed by atoms with Crippen LogP contribution in [0.15, 0.2) is 54.6 Å². The van der Waals surface area contributed by atoms with Gasteiger partial charge in [-0.3, -0.25) is 9.48 Å². The van der Waals surface area contributed by atoms with Gasteiger partial charge in [0.15, 0.2) is 5.78 Å². The lowest BCUT2D eigenvalue weighted by Crippen LogP contribution is -2.25. The number of Topliss-reactive ketones (excluding diaryl/α,β-unsaturated/α-hetero) is 1. The van der Waals surface area contributed by atoms with Gasteiger partial charge in [0.2, 0.25) is 0 Å². The molecule has 0 bridgehead atoms. The van der Waals surface area contributed by atoms with Gasteiger partial charge >= 0.3 is 0 Å². The number of ether oxygens (including phenoxy) is 1. The molecular weight excluding hydrogens is 340 g/mol. The molecule has 0 aliphatic rings. The Kier molecular flexibility index (Phi) is 5.72. The van der Waals surface area contributed by atoms with Crippen LogP contribution in [0.3, 0.4) is 0 Å². The molecule has 1 N–H and O–H groups in total. The molecule has 1 heterocycles. The van der Waals surface area contributed by atoms with Gasteiger partial charge < -0.3 is 9.84 Å². The van der Waals surface area contributed by atoms with E-state index in [1.165, 1.54) is 6.92 Å². The Morgan fingerprint density at radius 3 is 2.30 bits per heavy atom. The Balaban J connectivity index is 1.59. The van der Waals surface area contributed by atoms with Crippen molar-refractivity contribution in [2.24, 2.45) is 0 Å². The summed E-state index contributed by atoms with van der Waals surface area (Å²) >= 11 is 0. The third-order valence-electron chi connectivity index (χ3n) is 4.52. The summed E-state index contributed by atoms with van der Waals surface area (Å²) in [4.78, 5) is 11.7. The van der Waals surface area contributed by atoms with Gasteiger partial charge in [0.25, 0.3) is 0 Å². The van der Waals surface area contributed by atoms with Crippen LogP contribution in [0.4, 0.5) is 0 Å². The van der Waals surface area contributed by atoms with Crippen molar-refractivity contribution in [1.82, 2.24) is 9.78 Å². The summed E-state index contributed by atoms with van der Waals surface area (Å²) < 4.78 is 7.36. The van der Waals surface area contributed by atoms with E-state index in [2.05, 4.69) is 17.2 Å². The summed E-state index contributed by atoms with van der Waals surface area (Å²) in [5, 5.41) is 14.6. The molecule has 0 unspecified atom stereocenters. The predicted octanol–water partition coefficient (Wildman–Crippen LogP) is 3.81. The van der Waals surface area contributed by atoms with Crippen LogP contribution < -0.4 is 4.74 Å². The maximum Gasteiger partial charge on any atom is 0.163 e. The van der Waals surface area contributed by atoms with Crippen LogP contribution in [0, 0.1) is 13.8 Å². The summed E-state index contributed by atoms with van der Waals surface area (Å²) in [6, 6.07) is 17.9. The van der Waals surface area contributed by atoms with Gasteiger partial charge in [-0.05, 0) is 44.0 Å². The van der Waals surface area contributed by atoms with Crippen LogP contribution in [0.5, 0.6) is 5.75 Å². The second-order valence-electron chi connectivity index (χ2n) is 6.64. The highest BCUT2D eigenvalue weighted by molar-refractivity contribution is 5.96. The first kappa shape index (κ1) is 18.9. The summed E-state index contributed by atoms with van der Waals surface area (Å²) in [6.07, 6.45) is -0.725. The fourth-order valence-electron chi connectivity index (χ4n) is 3.20. The molecule has 2 aromatic carbocycles. The number of aliphatic hydroxyl groups excluding tert-OH is 1. The van der Waals surface area contributed by atoms with Crippen molar-refractivity contribution in [2.75, 3.05) is 6.61 Å². The van der Waals surface area contributed by atoms with Gasteiger partial charge in [-0.1, -0.05) is 42.5 Å². The normalized spacial score (nSPS) is 12.0. The fraction of sp³-hybridized carbons (Fsp3) is 0.273. The first-order valence-corrected chi connectivity index (χ1v) is 8.97. The molecule has 0 amide bonds. The zero-order chi connectivity index (χ0) is 19.4. The molecule has 0 aliphatic heterocycles. The second kappa shape index (κ2) is 8.18. The molecule has 27 heavy (non-hydrogen) atoms. The van der Waals surface area contributed by atoms with Gasteiger partial charge in [-0.15, -0.1) is 0 Å². The summed E-state index contributed by atoms with van der Waals surface area (Å²) in [5.74, 6) is 0.687. The number of nitrogens with zero attached hydrogens (tertiary/aromatic N) is 2. The minimum Gasteiger partial charge on any atom is -0.491 e. The molecule has 5 heteroatoms. The summed E-state index contributed by atoms with van der Waals surface area (Å²) in [6.45, 7) is 5.60. The highest BCUT2D eigenvalue weighted by atomic mass is 16.5. The maximum atomic E-state index is 11.7. The van der Waals surface area contributed by atoms with Gasteiger partial charge in [-0.2, -0.15) is 5.10 Å². The van der Waals surface area contributed by atoms with E-state index in [1.54, 1.807) is 11.6 Å². The Morgan fingerprint density at radius 2 is 1.70 bits per heavy atom. The Morgan fingerprint density at radius 1 is 1.07 bits per heavy atom. The van der Waals surface area contributed by atoms with Crippen molar-refractivity contribution in [3.63, 3.8) is 0 Å². The Bertz CT molecular complexity index is 915. The number of carbonyl (C=O) groups excluding carboxylic acids is 1. The second-order valence-corrected chi connectivity index (χ2v) is 6.64. The molecule has 0 aliphatic carbocycles. The van der Waals surface area contributed by atoms with Crippen LogP contribution in [0.2, 0.25) is 0 Å². The first-order chi connectivity index (χ1) is 13.0. The minimum atomic E-state index is -0.725. The number of carbonyl (C=O) groups is 1. The highest BCUT2D eigenvalue weighted by Crippen LogP contribution is 2.22. The molecule has 0 saturated heterocycles. The number of aryl methyl sites for hydroxylation is 1. The molecule has 0 spiro atoms. The Hall–Kier alpha value is -2.92. The van der Waals surface area contributed by atoms with E-state index in [0.29, 0.717) is 17.0 Å². The van der Waals surface area contributed by atoms with Crippen molar-refractivity contribution in [3.8, 4) is 16.9 Å². The topological polar surface area (TPSA) is 64.4 Å². The lowest BCUT2D eigenvalue weighted by Gasteiger charge is -2.14. The molecule has 0 radical (unpaired) electrons. The van der Waals surface area contributed by atoms with Crippen molar-refractivity contribution < 1.29 is 14.6 Å². The molecule has 0 saturated carbocycles. The SMILES string of the molecule is CC(=O)c1c(C)nn(C[C@@H](O)COc2ccc(-c3ccccc3)cc2)c1C. The minimum absolute atomic E-state index is 0.0134. The van der Waals surface area contributed by atoms with E-state index in [4.69, 9.17) is 4.74 Å². The molecule has 5 nitrogen and oxygen atoms in total. The van der Waals surface area contributed by atoms with E-state index >= 15 is 0 Å². The van der Waals surface area contributed by atoms with Crippen LogP contribution in [-0.4, -0.2) is 33.4 Å². The monoisotopic (exact) mass is 364 g/mol. The highest BCUT2D eigenvalue weighted by Gasteiger charge is 2.17. The average molecular weight is 364 g/mol. The number of benzene rings is 2. The van der Waals surface area contributed by atoms with E-state index in [9.17, 15) is 9.90 Å². The zero-order valence-electron chi connectivity index (χ0n) is 15.8. The lowest BCUT2D eigenvalue weighted by atomic mass is 10.1. The molecule has 3 aromatic rings. The smallest absolute Gasteiger partial charge is 0.163 e. The third kappa shape index (κ3) is 4.44. The zero-order valence-corrected chi connectivity index (χ0v) is 15.8. The number of hydrogen-bond acceptors (Lipinski definition) is 4. The lowest BCUT2D eigenvalue weighted by molar-refractivity contribution is 0.0885. The molecule has 140 valence electrons. The number of ketones is 1. The van der Waals surface area contributed by atoms with Crippen LogP contribution >= 0.6 is 0 Å². The van der Waals surface area contributed by atoms with Gasteiger partial charge in [0.05, 0.1) is 17.8 Å². The number of aromatic nitrogens is 2. The Labute approximate surface area is 159 Å². The third-order valence-corrected chi connectivity index (χ3v) is 4.52. The van der Waals surface area contributed by atoms with Crippen LogP contribution in [0.1, 0.15) is 28.7 Å². The largest absolute Gasteiger partial charge is 0.491 e. The van der Waals surface area contributed by atoms with Crippen molar-refractivity contribution in [3.05, 3.63) is 71.5 Å². The fourth-order valence-corrected chi connectivity index (χ4v) is 3.20. The van der Waals surface area contributed by atoms with Crippen molar-refractivity contribution in [1.29, 1.82) is 0 Å². The van der Waals surface area contributed by atoms with Gasteiger partial charge in [0, 0.05) is 5.69 Å². The van der Waals surface area contributed by atoms with Crippen LogP contribution in [-0.2, 0) is 6.54 Å². The maximum absolute atomic E-state index is 11.7. The quantitative estimate of drug-likeness (QED) is 0.648. The standard InChI is InChI=1S/C22H24N2O3/c1-15-22(17(3)25)16(2)24(23-15)13-20(26)14-27-21-11-9-19(10-12-21)18-7-5-4-6-8-18/h4-12,20,26H,13-14H2,1-3H3/t20-/m1/s1. The molecule has 3 rings (SSSR count). The number of rotatable bonds is 7. The van der Waals surface area contributed by atoms with E-state index in [0.717, 1.165) is 16.8 Å².